The second-order valence-corrected chi connectivity index (χ2v) is 11.6. The third-order valence-electron chi connectivity index (χ3n) is 5.03. The molecule has 0 aliphatic rings. The minimum atomic E-state index is -3.83. The first kappa shape index (κ1) is 24.8. The fourth-order valence-electron chi connectivity index (χ4n) is 3.20. The number of nitrogens with one attached hydrogen (secondary N) is 2. The van der Waals surface area contributed by atoms with Crippen LogP contribution >= 0.6 is 23.1 Å². The Kier molecular flexibility index (Phi) is 7.19. The van der Waals surface area contributed by atoms with Crippen molar-refractivity contribution in [3.63, 3.8) is 0 Å². The first-order valence-electron chi connectivity index (χ1n) is 10.5. The SMILES string of the molecule is CCC(Sc1nc2ccccc2c(=O)n1C)C(=O)Nc1ccc(S(=O)(=O)Nc2nnc(C)s2)cc1. The number of aromatic nitrogens is 4. The molecule has 4 aromatic rings. The summed E-state index contributed by atoms with van der Waals surface area (Å²) in [7, 11) is -2.20. The Morgan fingerprint density at radius 2 is 1.86 bits per heavy atom. The number of sulfonamides is 1. The molecule has 0 saturated heterocycles. The fourth-order valence-corrected chi connectivity index (χ4v) is 6.01. The van der Waals surface area contributed by atoms with Crippen molar-refractivity contribution in [3.8, 4) is 0 Å². The smallest absolute Gasteiger partial charge is 0.263 e. The predicted molar refractivity (Wildman–Crippen MR) is 137 cm³/mol. The van der Waals surface area contributed by atoms with Gasteiger partial charge in [-0.2, -0.15) is 0 Å². The first-order valence-corrected chi connectivity index (χ1v) is 13.7. The number of anilines is 2. The van der Waals surface area contributed by atoms with E-state index < -0.39 is 15.3 Å². The maximum absolute atomic E-state index is 12.9. The topological polar surface area (TPSA) is 136 Å². The van der Waals surface area contributed by atoms with Gasteiger partial charge in [0.1, 0.15) is 5.01 Å². The predicted octanol–water partition coefficient (Wildman–Crippen LogP) is 3.40. The van der Waals surface area contributed by atoms with E-state index >= 15 is 0 Å². The van der Waals surface area contributed by atoms with Gasteiger partial charge in [0.15, 0.2) is 5.16 Å². The second-order valence-electron chi connectivity index (χ2n) is 7.54. The summed E-state index contributed by atoms with van der Waals surface area (Å²) in [6.45, 7) is 3.59. The summed E-state index contributed by atoms with van der Waals surface area (Å²) in [5.41, 5.74) is 0.838. The van der Waals surface area contributed by atoms with E-state index in [1.54, 1.807) is 32.2 Å². The maximum Gasteiger partial charge on any atom is 0.263 e. The van der Waals surface area contributed by atoms with Gasteiger partial charge in [0, 0.05) is 12.7 Å². The van der Waals surface area contributed by atoms with Crippen LogP contribution < -0.4 is 15.6 Å². The Hall–Kier alpha value is -3.29. The Bertz CT molecular complexity index is 1550. The minimum absolute atomic E-state index is 0.0279. The van der Waals surface area contributed by atoms with Crippen LogP contribution in [0.2, 0.25) is 0 Å². The van der Waals surface area contributed by atoms with Crippen molar-refractivity contribution in [1.29, 1.82) is 0 Å². The molecule has 182 valence electrons. The summed E-state index contributed by atoms with van der Waals surface area (Å²) in [6, 6.07) is 12.9. The number of fused-ring (bicyclic) bond motifs is 1. The summed E-state index contributed by atoms with van der Waals surface area (Å²) in [4.78, 5) is 30.2. The van der Waals surface area contributed by atoms with Crippen molar-refractivity contribution < 1.29 is 13.2 Å². The molecule has 0 fully saturated rings. The number of carbonyl (C=O) groups is 1. The normalized spacial score (nSPS) is 12.4. The van der Waals surface area contributed by atoms with E-state index in [-0.39, 0.29) is 21.5 Å². The average Bonchev–Trinajstić information content (AvgIpc) is 3.24. The fraction of sp³-hybridized carbons (Fsp3) is 0.227. The number of hydrogen-bond acceptors (Lipinski definition) is 9. The number of nitrogens with zero attached hydrogens (tertiary/aromatic N) is 4. The van der Waals surface area contributed by atoms with Crippen LogP contribution in [0.25, 0.3) is 10.9 Å². The van der Waals surface area contributed by atoms with Crippen LogP contribution in [0.3, 0.4) is 0 Å². The van der Waals surface area contributed by atoms with Crippen molar-refractivity contribution in [2.24, 2.45) is 7.05 Å². The third-order valence-corrected chi connectivity index (χ3v) is 8.68. The molecule has 0 aliphatic heterocycles. The lowest BCUT2D eigenvalue weighted by molar-refractivity contribution is -0.115. The number of thioether (sulfide) groups is 1. The lowest BCUT2D eigenvalue weighted by Gasteiger charge is -2.16. The van der Waals surface area contributed by atoms with Gasteiger partial charge in [-0.25, -0.2) is 13.4 Å². The third kappa shape index (κ3) is 5.52. The van der Waals surface area contributed by atoms with Crippen LogP contribution in [0, 0.1) is 6.92 Å². The highest BCUT2D eigenvalue weighted by molar-refractivity contribution is 8.00. The van der Waals surface area contributed by atoms with E-state index in [0.29, 0.717) is 33.2 Å². The van der Waals surface area contributed by atoms with Gasteiger partial charge in [-0.1, -0.05) is 42.2 Å². The molecular formula is C22H22N6O4S3. The standard InChI is InChI=1S/C22H22N6O4S3/c1-4-18(34-22-24-17-8-6-5-7-16(17)20(30)28(22)3)19(29)23-14-9-11-15(12-10-14)35(31,32)27-21-26-25-13(2)33-21/h5-12,18H,4H2,1-3H3,(H,23,29)(H,26,27). The molecule has 2 N–H and O–H groups in total. The molecule has 4 rings (SSSR count). The van der Waals surface area contributed by atoms with Gasteiger partial charge in [0.2, 0.25) is 11.0 Å². The maximum atomic E-state index is 12.9. The molecule has 0 saturated carbocycles. The summed E-state index contributed by atoms with van der Waals surface area (Å²) < 4.78 is 28.9. The van der Waals surface area contributed by atoms with Gasteiger partial charge in [0.25, 0.3) is 15.6 Å². The molecule has 1 atom stereocenters. The van der Waals surface area contributed by atoms with Gasteiger partial charge < -0.3 is 5.32 Å². The van der Waals surface area contributed by atoms with Gasteiger partial charge in [-0.3, -0.25) is 18.9 Å². The van der Waals surface area contributed by atoms with Gasteiger partial charge in [-0.05, 0) is 49.7 Å². The average molecular weight is 531 g/mol. The monoisotopic (exact) mass is 530 g/mol. The van der Waals surface area contributed by atoms with Crippen molar-refractivity contribution in [3.05, 3.63) is 63.9 Å². The van der Waals surface area contributed by atoms with Crippen LogP contribution in [0.5, 0.6) is 0 Å². The molecule has 0 radical (unpaired) electrons. The summed E-state index contributed by atoms with van der Waals surface area (Å²) in [5.74, 6) is -0.280. The summed E-state index contributed by atoms with van der Waals surface area (Å²) in [5, 5.41) is 11.6. The van der Waals surface area contributed by atoms with E-state index in [0.717, 1.165) is 11.3 Å². The van der Waals surface area contributed by atoms with Crippen LogP contribution in [0.15, 0.2) is 63.4 Å². The van der Waals surface area contributed by atoms with Gasteiger partial charge in [-0.15, -0.1) is 10.2 Å². The summed E-state index contributed by atoms with van der Waals surface area (Å²) in [6.07, 6.45) is 0.497. The van der Waals surface area contributed by atoms with E-state index in [9.17, 15) is 18.0 Å². The molecule has 10 nitrogen and oxygen atoms in total. The van der Waals surface area contributed by atoms with Crippen molar-refractivity contribution in [2.45, 2.75) is 35.6 Å². The zero-order chi connectivity index (χ0) is 25.2. The molecule has 2 aromatic heterocycles. The number of rotatable bonds is 8. The highest BCUT2D eigenvalue weighted by atomic mass is 32.2. The van der Waals surface area contributed by atoms with Crippen LogP contribution in [-0.4, -0.2) is 39.3 Å². The molecule has 1 amide bonds. The molecule has 35 heavy (non-hydrogen) atoms. The van der Waals surface area contributed by atoms with Gasteiger partial charge >= 0.3 is 0 Å². The molecule has 0 spiro atoms. The summed E-state index contributed by atoms with van der Waals surface area (Å²) >= 11 is 2.34. The zero-order valence-electron chi connectivity index (χ0n) is 19.0. The first-order chi connectivity index (χ1) is 16.7. The van der Waals surface area contributed by atoms with Crippen LogP contribution in [-0.2, 0) is 21.9 Å². The molecule has 0 bridgehead atoms. The Morgan fingerprint density at radius 3 is 2.51 bits per heavy atom. The van der Waals surface area contributed by atoms with E-state index in [1.807, 2.05) is 13.0 Å². The van der Waals surface area contributed by atoms with Crippen LogP contribution in [0.4, 0.5) is 10.8 Å². The largest absolute Gasteiger partial charge is 0.325 e. The molecule has 2 aromatic carbocycles. The quantitative estimate of drug-likeness (QED) is 0.261. The highest BCUT2D eigenvalue weighted by Gasteiger charge is 2.22. The number of amides is 1. The Labute approximate surface area is 209 Å². The molecule has 2 heterocycles. The van der Waals surface area contributed by atoms with E-state index in [4.69, 9.17) is 0 Å². The highest BCUT2D eigenvalue weighted by Crippen LogP contribution is 2.26. The van der Waals surface area contributed by atoms with Gasteiger partial charge in [0.05, 0.1) is 21.0 Å². The molecule has 1 unspecified atom stereocenters. The van der Waals surface area contributed by atoms with Crippen molar-refractivity contribution in [2.75, 3.05) is 10.0 Å². The lowest BCUT2D eigenvalue weighted by atomic mass is 10.2. The van der Waals surface area contributed by atoms with Crippen molar-refractivity contribution in [1.82, 2.24) is 19.7 Å². The molecule has 0 aliphatic carbocycles. The van der Waals surface area contributed by atoms with Crippen LogP contribution in [0.1, 0.15) is 18.4 Å². The van der Waals surface area contributed by atoms with E-state index in [2.05, 4.69) is 25.2 Å². The number of aryl methyl sites for hydroxylation is 1. The second kappa shape index (κ2) is 10.1. The molecule has 13 heteroatoms. The lowest BCUT2D eigenvalue weighted by Crippen LogP contribution is -2.27. The van der Waals surface area contributed by atoms with Crippen molar-refractivity contribution >= 4 is 60.8 Å². The number of hydrogen-bond donors (Lipinski definition) is 2. The minimum Gasteiger partial charge on any atom is -0.325 e. The number of para-hydroxylation sites is 1. The van der Waals surface area contributed by atoms with E-state index in [1.165, 1.54) is 40.6 Å². The number of benzene rings is 2. The number of carbonyl (C=O) groups excluding carboxylic acids is 1. The Balaban J connectivity index is 1.47. The Morgan fingerprint density at radius 1 is 1.14 bits per heavy atom. The zero-order valence-corrected chi connectivity index (χ0v) is 21.5. The molecular weight excluding hydrogens is 508 g/mol.